The maximum absolute atomic E-state index is 12.8. The SMILES string of the molecule is Cc1cc(Cl)cc(F)c1C=O. The van der Waals surface area contributed by atoms with Gasteiger partial charge in [-0.25, -0.2) is 4.39 Å². The van der Waals surface area contributed by atoms with Gasteiger partial charge in [0.05, 0.1) is 5.56 Å². The third-order valence-corrected chi connectivity index (χ3v) is 1.64. The van der Waals surface area contributed by atoms with Gasteiger partial charge >= 0.3 is 0 Å². The highest BCUT2D eigenvalue weighted by molar-refractivity contribution is 6.30. The smallest absolute Gasteiger partial charge is 0.153 e. The van der Waals surface area contributed by atoms with Gasteiger partial charge in [0, 0.05) is 5.02 Å². The summed E-state index contributed by atoms with van der Waals surface area (Å²) in [5.41, 5.74) is 0.638. The average Bonchev–Trinajstić information content (AvgIpc) is 1.85. The number of carbonyl (C=O) groups is 1. The van der Waals surface area contributed by atoms with Crippen molar-refractivity contribution in [1.82, 2.24) is 0 Å². The summed E-state index contributed by atoms with van der Waals surface area (Å²) in [5.74, 6) is -0.565. The molecule has 11 heavy (non-hydrogen) atoms. The first kappa shape index (κ1) is 8.21. The van der Waals surface area contributed by atoms with Crippen molar-refractivity contribution >= 4 is 17.9 Å². The Bertz CT molecular complexity index is 273. The van der Waals surface area contributed by atoms with Crippen molar-refractivity contribution in [2.75, 3.05) is 0 Å². The second-order valence-electron chi connectivity index (χ2n) is 2.24. The minimum Gasteiger partial charge on any atom is -0.298 e. The molecular formula is C8H6ClFO. The number of carbonyl (C=O) groups excluding carboxylic acids is 1. The van der Waals surface area contributed by atoms with Crippen LogP contribution in [0.2, 0.25) is 5.02 Å². The molecule has 0 aromatic heterocycles. The Kier molecular flexibility index (Phi) is 2.25. The lowest BCUT2D eigenvalue weighted by molar-refractivity contribution is 0.111. The van der Waals surface area contributed by atoms with Crippen LogP contribution < -0.4 is 0 Å². The molecule has 0 atom stereocenters. The van der Waals surface area contributed by atoms with Crippen molar-refractivity contribution in [3.8, 4) is 0 Å². The van der Waals surface area contributed by atoms with Crippen LogP contribution in [0.3, 0.4) is 0 Å². The van der Waals surface area contributed by atoms with Crippen LogP contribution in [-0.4, -0.2) is 6.29 Å². The van der Waals surface area contributed by atoms with E-state index in [2.05, 4.69) is 0 Å². The zero-order chi connectivity index (χ0) is 8.43. The van der Waals surface area contributed by atoms with Crippen molar-refractivity contribution < 1.29 is 9.18 Å². The number of hydrogen-bond donors (Lipinski definition) is 0. The van der Waals surface area contributed by atoms with Crippen molar-refractivity contribution in [1.29, 1.82) is 0 Å². The molecule has 1 nitrogen and oxygen atoms in total. The highest BCUT2D eigenvalue weighted by Gasteiger charge is 2.05. The van der Waals surface area contributed by atoms with Gasteiger partial charge in [0.2, 0.25) is 0 Å². The van der Waals surface area contributed by atoms with E-state index in [1.54, 1.807) is 13.0 Å². The summed E-state index contributed by atoms with van der Waals surface area (Å²) in [6.07, 6.45) is 0.487. The van der Waals surface area contributed by atoms with E-state index in [-0.39, 0.29) is 5.56 Å². The molecule has 0 N–H and O–H groups in total. The minimum atomic E-state index is -0.565. The van der Waals surface area contributed by atoms with Crippen molar-refractivity contribution in [3.05, 3.63) is 34.1 Å². The largest absolute Gasteiger partial charge is 0.298 e. The maximum Gasteiger partial charge on any atom is 0.153 e. The number of rotatable bonds is 1. The number of aldehydes is 1. The fraction of sp³-hybridized carbons (Fsp3) is 0.125. The fourth-order valence-electron chi connectivity index (χ4n) is 0.863. The monoisotopic (exact) mass is 172 g/mol. The Balaban J connectivity index is 3.36. The first-order chi connectivity index (χ1) is 5.15. The summed E-state index contributed by atoms with van der Waals surface area (Å²) in [5, 5.41) is 0.311. The molecule has 0 fully saturated rings. The van der Waals surface area contributed by atoms with Gasteiger partial charge in [0.1, 0.15) is 5.82 Å². The molecule has 0 saturated carbocycles. The Morgan fingerprint density at radius 1 is 1.55 bits per heavy atom. The summed E-state index contributed by atoms with van der Waals surface area (Å²) in [4.78, 5) is 10.3. The second-order valence-corrected chi connectivity index (χ2v) is 2.67. The van der Waals surface area contributed by atoms with E-state index >= 15 is 0 Å². The molecule has 1 aromatic rings. The van der Waals surface area contributed by atoms with Crippen LogP contribution in [0.15, 0.2) is 12.1 Å². The van der Waals surface area contributed by atoms with Gasteiger partial charge < -0.3 is 0 Å². The molecule has 1 aromatic carbocycles. The van der Waals surface area contributed by atoms with Gasteiger partial charge in [-0.1, -0.05) is 11.6 Å². The number of benzene rings is 1. The quantitative estimate of drug-likeness (QED) is 0.595. The average molecular weight is 173 g/mol. The molecule has 0 bridgehead atoms. The molecule has 0 radical (unpaired) electrons. The normalized spacial score (nSPS) is 9.73. The van der Waals surface area contributed by atoms with Gasteiger partial charge in [-0.2, -0.15) is 0 Å². The molecule has 0 aliphatic carbocycles. The summed E-state index contributed by atoms with van der Waals surface area (Å²) in [6, 6.07) is 2.67. The highest BCUT2D eigenvalue weighted by Crippen LogP contribution is 2.17. The van der Waals surface area contributed by atoms with Crippen LogP contribution >= 0.6 is 11.6 Å². The Labute approximate surface area is 68.8 Å². The Morgan fingerprint density at radius 3 is 2.64 bits per heavy atom. The van der Waals surface area contributed by atoms with Gasteiger partial charge in [0.25, 0.3) is 0 Å². The van der Waals surface area contributed by atoms with Gasteiger partial charge in [-0.3, -0.25) is 4.79 Å². The highest BCUT2D eigenvalue weighted by atomic mass is 35.5. The third kappa shape index (κ3) is 1.57. The number of halogens is 2. The van der Waals surface area contributed by atoms with Gasteiger partial charge in [-0.15, -0.1) is 0 Å². The van der Waals surface area contributed by atoms with Crippen molar-refractivity contribution in [2.24, 2.45) is 0 Å². The van der Waals surface area contributed by atoms with Crippen LogP contribution in [0.1, 0.15) is 15.9 Å². The van der Waals surface area contributed by atoms with Crippen LogP contribution in [0, 0.1) is 12.7 Å². The van der Waals surface area contributed by atoms with E-state index in [0.717, 1.165) is 6.07 Å². The fourth-order valence-corrected chi connectivity index (χ4v) is 1.12. The van der Waals surface area contributed by atoms with E-state index in [9.17, 15) is 9.18 Å². The summed E-state index contributed by atoms with van der Waals surface area (Å²) < 4.78 is 12.8. The van der Waals surface area contributed by atoms with Crippen molar-refractivity contribution in [3.63, 3.8) is 0 Å². The first-order valence-electron chi connectivity index (χ1n) is 3.06. The first-order valence-corrected chi connectivity index (χ1v) is 3.44. The molecule has 1 rings (SSSR count). The van der Waals surface area contributed by atoms with Gasteiger partial charge in [-0.05, 0) is 24.6 Å². The van der Waals surface area contributed by atoms with E-state index < -0.39 is 5.82 Å². The Hall–Kier alpha value is -0.890. The summed E-state index contributed by atoms with van der Waals surface area (Å²) in [6.45, 7) is 1.64. The van der Waals surface area contributed by atoms with E-state index in [1.807, 2.05) is 0 Å². The van der Waals surface area contributed by atoms with Crippen LogP contribution in [0.5, 0.6) is 0 Å². The standard InChI is InChI=1S/C8H6ClFO/c1-5-2-6(9)3-8(10)7(5)4-11/h2-4H,1H3. The van der Waals surface area contributed by atoms with E-state index in [0.29, 0.717) is 16.9 Å². The summed E-state index contributed by atoms with van der Waals surface area (Å²) >= 11 is 5.52. The molecule has 0 spiro atoms. The number of hydrogen-bond acceptors (Lipinski definition) is 1. The molecule has 0 heterocycles. The molecule has 0 aliphatic rings. The molecule has 58 valence electrons. The lowest BCUT2D eigenvalue weighted by atomic mass is 10.1. The lowest BCUT2D eigenvalue weighted by Gasteiger charge is -1.99. The number of aryl methyl sites for hydroxylation is 1. The predicted octanol–water partition coefficient (Wildman–Crippen LogP) is 2.60. The molecule has 0 saturated heterocycles. The third-order valence-electron chi connectivity index (χ3n) is 1.42. The molecule has 0 aliphatic heterocycles. The topological polar surface area (TPSA) is 17.1 Å². The van der Waals surface area contributed by atoms with Crippen LogP contribution in [0.25, 0.3) is 0 Å². The molecular weight excluding hydrogens is 167 g/mol. The second kappa shape index (κ2) is 3.01. The zero-order valence-electron chi connectivity index (χ0n) is 5.90. The van der Waals surface area contributed by atoms with Crippen molar-refractivity contribution in [2.45, 2.75) is 6.92 Å². The minimum absolute atomic E-state index is 0.0781. The molecule has 0 unspecified atom stereocenters. The van der Waals surface area contributed by atoms with Gasteiger partial charge in [0.15, 0.2) is 6.29 Å². The molecule has 3 heteroatoms. The van der Waals surface area contributed by atoms with E-state index in [4.69, 9.17) is 11.6 Å². The predicted molar refractivity (Wildman–Crippen MR) is 41.5 cm³/mol. The lowest BCUT2D eigenvalue weighted by Crippen LogP contribution is -1.91. The molecule has 0 amide bonds. The van der Waals surface area contributed by atoms with E-state index in [1.165, 1.54) is 0 Å². The summed E-state index contributed by atoms with van der Waals surface area (Å²) in [7, 11) is 0. The Morgan fingerprint density at radius 2 is 2.18 bits per heavy atom. The maximum atomic E-state index is 12.8. The van der Waals surface area contributed by atoms with Crippen LogP contribution in [0.4, 0.5) is 4.39 Å². The zero-order valence-corrected chi connectivity index (χ0v) is 6.65. The van der Waals surface area contributed by atoms with Crippen LogP contribution in [-0.2, 0) is 0 Å².